The molecule has 0 aromatic carbocycles. The van der Waals surface area contributed by atoms with Crippen molar-refractivity contribution in [3.63, 3.8) is 0 Å². The van der Waals surface area contributed by atoms with E-state index < -0.39 is 0 Å². The van der Waals surface area contributed by atoms with E-state index in [4.69, 9.17) is 4.52 Å². The molecule has 8 nitrogen and oxygen atoms in total. The van der Waals surface area contributed by atoms with Crippen molar-refractivity contribution < 1.29 is 4.52 Å². The van der Waals surface area contributed by atoms with E-state index in [9.17, 15) is 0 Å². The molecule has 0 saturated heterocycles. The molecular formula is C15H21N7O. The molecule has 23 heavy (non-hydrogen) atoms. The van der Waals surface area contributed by atoms with Crippen molar-refractivity contribution in [3.8, 4) is 0 Å². The molecule has 0 spiro atoms. The van der Waals surface area contributed by atoms with Crippen LogP contribution in [0.5, 0.6) is 0 Å². The van der Waals surface area contributed by atoms with E-state index in [1.165, 1.54) is 0 Å². The number of rotatable bonds is 5. The number of hydrogen-bond acceptors (Lipinski definition) is 7. The molecule has 0 aliphatic carbocycles. The van der Waals surface area contributed by atoms with Crippen molar-refractivity contribution >= 4 is 16.9 Å². The fourth-order valence-electron chi connectivity index (χ4n) is 2.69. The molecule has 1 atom stereocenters. The Hall–Kier alpha value is -2.51. The van der Waals surface area contributed by atoms with E-state index in [-0.39, 0.29) is 6.04 Å². The average molecular weight is 315 g/mol. The maximum Gasteiger partial charge on any atom is 0.263 e. The molecule has 0 aliphatic rings. The number of anilines is 1. The average Bonchev–Trinajstić information content (AvgIpc) is 3.04. The minimum absolute atomic E-state index is 0.00528. The summed E-state index contributed by atoms with van der Waals surface area (Å²) in [6.07, 6.45) is 2.47. The molecule has 0 bridgehead atoms. The van der Waals surface area contributed by atoms with Gasteiger partial charge in [-0.3, -0.25) is 4.68 Å². The Morgan fingerprint density at radius 3 is 2.70 bits per heavy atom. The SMILES string of the molecule is Cc1nc(NC(CC(C)C)c2ncnn2C)c2c(C)noc2n1. The van der Waals surface area contributed by atoms with Crippen LogP contribution in [0.2, 0.25) is 0 Å². The van der Waals surface area contributed by atoms with Crippen molar-refractivity contribution in [3.05, 3.63) is 23.7 Å². The number of aromatic nitrogens is 6. The molecule has 0 saturated carbocycles. The van der Waals surface area contributed by atoms with Gasteiger partial charge in [0.15, 0.2) is 0 Å². The van der Waals surface area contributed by atoms with Crippen LogP contribution in [-0.4, -0.2) is 29.9 Å². The quantitative estimate of drug-likeness (QED) is 0.773. The summed E-state index contributed by atoms with van der Waals surface area (Å²) in [5.74, 6) is 2.72. The molecular weight excluding hydrogens is 294 g/mol. The van der Waals surface area contributed by atoms with Gasteiger partial charge in [0.2, 0.25) is 0 Å². The van der Waals surface area contributed by atoms with Gasteiger partial charge in [-0.2, -0.15) is 10.1 Å². The van der Waals surface area contributed by atoms with Gasteiger partial charge in [0.25, 0.3) is 5.71 Å². The lowest BCUT2D eigenvalue weighted by Crippen LogP contribution is -2.19. The Balaban J connectivity index is 2.03. The largest absolute Gasteiger partial charge is 0.359 e. The Morgan fingerprint density at radius 1 is 1.26 bits per heavy atom. The summed E-state index contributed by atoms with van der Waals surface area (Å²) in [7, 11) is 1.89. The first-order valence-electron chi connectivity index (χ1n) is 7.66. The maximum atomic E-state index is 5.27. The lowest BCUT2D eigenvalue weighted by Gasteiger charge is -2.20. The fourth-order valence-corrected chi connectivity index (χ4v) is 2.69. The summed E-state index contributed by atoms with van der Waals surface area (Å²) in [5.41, 5.74) is 1.27. The predicted molar refractivity (Wildman–Crippen MR) is 85.9 cm³/mol. The molecule has 3 aromatic heterocycles. The topological polar surface area (TPSA) is 94.6 Å². The van der Waals surface area contributed by atoms with E-state index in [0.29, 0.717) is 17.5 Å². The smallest absolute Gasteiger partial charge is 0.263 e. The molecule has 3 heterocycles. The Bertz CT molecular complexity index is 820. The van der Waals surface area contributed by atoms with Crippen LogP contribution in [0.4, 0.5) is 5.82 Å². The first-order valence-corrected chi connectivity index (χ1v) is 7.66. The molecule has 0 radical (unpaired) electrons. The van der Waals surface area contributed by atoms with Crippen LogP contribution < -0.4 is 5.32 Å². The zero-order valence-corrected chi connectivity index (χ0v) is 14.0. The first-order chi connectivity index (χ1) is 11.0. The number of nitrogens with zero attached hydrogens (tertiary/aromatic N) is 6. The molecule has 0 fully saturated rings. The van der Waals surface area contributed by atoms with Crippen molar-refractivity contribution in [1.82, 2.24) is 29.9 Å². The van der Waals surface area contributed by atoms with Gasteiger partial charge in [-0.1, -0.05) is 19.0 Å². The number of aryl methyl sites for hydroxylation is 3. The van der Waals surface area contributed by atoms with Crippen LogP contribution >= 0.6 is 0 Å². The highest BCUT2D eigenvalue weighted by atomic mass is 16.5. The highest BCUT2D eigenvalue weighted by Crippen LogP contribution is 2.29. The van der Waals surface area contributed by atoms with Gasteiger partial charge >= 0.3 is 0 Å². The fraction of sp³-hybridized carbons (Fsp3) is 0.533. The van der Waals surface area contributed by atoms with E-state index in [1.807, 2.05) is 20.9 Å². The molecule has 122 valence electrons. The third-order valence-electron chi connectivity index (χ3n) is 3.69. The zero-order valence-electron chi connectivity index (χ0n) is 14.0. The van der Waals surface area contributed by atoms with Crippen molar-refractivity contribution in [2.24, 2.45) is 13.0 Å². The molecule has 1 unspecified atom stereocenters. The minimum Gasteiger partial charge on any atom is -0.359 e. The normalized spacial score (nSPS) is 13.0. The van der Waals surface area contributed by atoms with Crippen LogP contribution in [0.15, 0.2) is 10.9 Å². The van der Waals surface area contributed by atoms with Crippen LogP contribution in [0.25, 0.3) is 11.1 Å². The van der Waals surface area contributed by atoms with Gasteiger partial charge in [0.05, 0.1) is 11.7 Å². The van der Waals surface area contributed by atoms with Crippen molar-refractivity contribution in [2.45, 2.75) is 40.2 Å². The minimum atomic E-state index is -0.00528. The van der Waals surface area contributed by atoms with Gasteiger partial charge in [0, 0.05) is 7.05 Å². The highest BCUT2D eigenvalue weighted by Gasteiger charge is 2.22. The van der Waals surface area contributed by atoms with Gasteiger partial charge < -0.3 is 9.84 Å². The zero-order chi connectivity index (χ0) is 16.6. The van der Waals surface area contributed by atoms with Crippen molar-refractivity contribution in [1.29, 1.82) is 0 Å². The van der Waals surface area contributed by atoms with E-state index in [1.54, 1.807) is 11.0 Å². The second-order valence-electron chi connectivity index (χ2n) is 6.14. The first kappa shape index (κ1) is 15.4. The van der Waals surface area contributed by atoms with Crippen molar-refractivity contribution in [2.75, 3.05) is 5.32 Å². The monoisotopic (exact) mass is 315 g/mol. The molecule has 1 N–H and O–H groups in total. The molecule has 0 aliphatic heterocycles. The van der Waals surface area contributed by atoms with Gasteiger partial charge in [0.1, 0.15) is 29.2 Å². The Morgan fingerprint density at radius 2 is 2.04 bits per heavy atom. The van der Waals surface area contributed by atoms with Crippen LogP contribution in [0, 0.1) is 19.8 Å². The summed E-state index contributed by atoms with van der Waals surface area (Å²) in [6.45, 7) is 8.07. The molecule has 3 rings (SSSR count). The van der Waals surface area contributed by atoms with Gasteiger partial charge in [-0.15, -0.1) is 0 Å². The van der Waals surface area contributed by atoms with E-state index in [0.717, 1.165) is 29.1 Å². The Kier molecular flexibility index (Phi) is 3.97. The standard InChI is InChI=1S/C15H21N7O/c1-8(2)6-11(14-16-7-17-22(14)5)20-13-12-9(3)21-23-15(12)19-10(4)18-13/h7-8,11H,6H2,1-5H3,(H,18,19,20). The molecule has 3 aromatic rings. The third kappa shape index (κ3) is 3.01. The summed E-state index contributed by atoms with van der Waals surface area (Å²) in [6, 6.07) is -0.00528. The second kappa shape index (κ2) is 5.94. The molecule has 8 heteroatoms. The van der Waals surface area contributed by atoms with E-state index in [2.05, 4.69) is 44.4 Å². The lowest BCUT2D eigenvalue weighted by molar-refractivity contribution is 0.442. The summed E-state index contributed by atoms with van der Waals surface area (Å²) >= 11 is 0. The number of fused-ring (bicyclic) bond motifs is 1. The summed E-state index contributed by atoms with van der Waals surface area (Å²) < 4.78 is 7.06. The number of hydrogen-bond donors (Lipinski definition) is 1. The predicted octanol–water partition coefficient (Wildman–Crippen LogP) is 2.56. The Labute approximate surface area is 134 Å². The van der Waals surface area contributed by atoms with Crippen LogP contribution in [0.3, 0.4) is 0 Å². The molecule has 0 amide bonds. The highest BCUT2D eigenvalue weighted by molar-refractivity contribution is 5.87. The van der Waals surface area contributed by atoms with Gasteiger partial charge in [-0.05, 0) is 26.2 Å². The van der Waals surface area contributed by atoms with Crippen LogP contribution in [0.1, 0.15) is 43.7 Å². The van der Waals surface area contributed by atoms with E-state index >= 15 is 0 Å². The lowest BCUT2D eigenvalue weighted by atomic mass is 10.0. The third-order valence-corrected chi connectivity index (χ3v) is 3.69. The maximum absolute atomic E-state index is 5.27. The summed E-state index contributed by atoms with van der Waals surface area (Å²) in [5, 5.41) is 12.5. The second-order valence-corrected chi connectivity index (χ2v) is 6.14. The van der Waals surface area contributed by atoms with Crippen LogP contribution in [-0.2, 0) is 7.05 Å². The summed E-state index contributed by atoms with van der Waals surface area (Å²) in [4.78, 5) is 13.2. The van der Waals surface area contributed by atoms with Gasteiger partial charge in [-0.25, -0.2) is 9.97 Å². The number of nitrogens with one attached hydrogen (secondary N) is 1.